The molecular weight excluding hydrogens is 408 g/mol. The number of carbonyl (C=O) groups is 1. The van der Waals surface area contributed by atoms with Crippen LogP contribution in [0.4, 0.5) is 5.69 Å². The molecule has 6 nitrogen and oxygen atoms in total. The predicted molar refractivity (Wildman–Crippen MR) is 101 cm³/mol. The molecule has 136 valence electrons. The van der Waals surface area contributed by atoms with Crippen molar-refractivity contribution in [3.05, 3.63) is 52.4 Å². The summed E-state index contributed by atoms with van der Waals surface area (Å²) in [5, 5.41) is 2.75. The molecule has 1 amide bonds. The lowest BCUT2D eigenvalue weighted by Gasteiger charge is -2.22. The van der Waals surface area contributed by atoms with Crippen LogP contribution in [0.15, 0.2) is 45.5 Å². The van der Waals surface area contributed by atoms with Crippen LogP contribution in [0.3, 0.4) is 0 Å². The molecule has 2 aromatic rings. The second-order valence-electron chi connectivity index (χ2n) is 5.74. The van der Waals surface area contributed by atoms with Gasteiger partial charge in [0.15, 0.2) is 0 Å². The molecule has 1 aromatic heterocycles. The number of aryl methyl sites for hydroxylation is 2. The average molecular weight is 429 g/mol. The van der Waals surface area contributed by atoms with Crippen molar-refractivity contribution in [3.63, 3.8) is 0 Å². The number of halogens is 1. The van der Waals surface area contributed by atoms with Gasteiger partial charge in [-0.15, -0.1) is 0 Å². The van der Waals surface area contributed by atoms with Crippen molar-refractivity contribution >= 4 is 37.5 Å². The maximum absolute atomic E-state index is 12.1. The van der Waals surface area contributed by atoms with Gasteiger partial charge in [-0.25, -0.2) is 8.42 Å². The number of sulfonamides is 1. The third-order valence-electron chi connectivity index (χ3n) is 3.62. The van der Waals surface area contributed by atoms with Gasteiger partial charge in [-0.2, -0.15) is 0 Å². The summed E-state index contributed by atoms with van der Waals surface area (Å²) in [5.41, 5.74) is 1.36. The Kier molecular flexibility index (Phi) is 6.66. The Morgan fingerprint density at radius 2 is 2.08 bits per heavy atom. The minimum Gasteiger partial charge on any atom is -0.469 e. The van der Waals surface area contributed by atoms with Crippen LogP contribution >= 0.6 is 15.9 Å². The number of amides is 1. The average Bonchev–Trinajstić information content (AvgIpc) is 3.04. The lowest BCUT2D eigenvalue weighted by atomic mass is 10.2. The number of nitrogens with zero attached hydrogens (tertiary/aromatic N) is 1. The van der Waals surface area contributed by atoms with Crippen molar-refractivity contribution in [1.29, 1.82) is 0 Å². The first kappa shape index (κ1) is 19.5. The maximum atomic E-state index is 12.1. The third kappa shape index (κ3) is 5.89. The second-order valence-corrected chi connectivity index (χ2v) is 8.50. The van der Waals surface area contributed by atoms with Crippen LogP contribution in [0.2, 0.25) is 0 Å². The van der Waals surface area contributed by atoms with E-state index >= 15 is 0 Å². The predicted octanol–water partition coefficient (Wildman–Crippen LogP) is 2.87. The Bertz CT molecular complexity index is 819. The van der Waals surface area contributed by atoms with Crippen molar-refractivity contribution in [1.82, 2.24) is 5.32 Å². The molecule has 0 unspecified atom stereocenters. The van der Waals surface area contributed by atoms with E-state index in [0.29, 0.717) is 12.2 Å². The highest BCUT2D eigenvalue weighted by molar-refractivity contribution is 9.10. The van der Waals surface area contributed by atoms with Gasteiger partial charge >= 0.3 is 0 Å². The number of rotatable bonds is 8. The Labute approximate surface area is 156 Å². The first-order chi connectivity index (χ1) is 11.8. The number of furan rings is 1. The monoisotopic (exact) mass is 428 g/mol. The molecule has 0 saturated heterocycles. The van der Waals surface area contributed by atoms with E-state index in [1.165, 1.54) is 0 Å². The molecule has 0 bridgehead atoms. The lowest BCUT2D eigenvalue weighted by molar-refractivity contribution is -0.119. The maximum Gasteiger partial charge on any atom is 0.240 e. The molecule has 1 heterocycles. The standard InChI is InChI=1S/C17H21BrN2O4S/c1-13-11-14(7-8-16(13)18)20(25(2,22)23)12-17(21)19-9-3-5-15-6-4-10-24-15/h4,6-8,10-11H,3,5,9,12H2,1-2H3,(H,19,21). The SMILES string of the molecule is Cc1cc(N(CC(=O)NCCCc2ccco2)S(C)(=O)=O)ccc1Br. The summed E-state index contributed by atoms with van der Waals surface area (Å²) < 4.78 is 31.4. The molecule has 0 saturated carbocycles. The molecule has 25 heavy (non-hydrogen) atoms. The number of benzene rings is 1. The molecule has 0 atom stereocenters. The van der Waals surface area contributed by atoms with Crippen molar-refractivity contribution in [2.75, 3.05) is 23.7 Å². The van der Waals surface area contributed by atoms with Gasteiger partial charge in [-0.05, 0) is 49.2 Å². The fourth-order valence-electron chi connectivity index (χ4n) is 2.32. The molecule has 2 rings (SSSR count). The zero-order chi connectivity index (χ0) is 18.4. The number of carbonyl (C=O) groups excluding carboxylic acids is 1. The van der Waals surface area contributed by atoms with E-state index in [0.717, 1.165) is 39.2 Å². The van der Waals surface area contributed by atoms with Crippen LogP contribution in [0.25, 0.3) is 0 Å². The molecule has 1 N–H and O–H groups in total. The number of hydrogen-bond acceptors (Lipinski definition) is 4. The molecular formula is C17H21BrN2O4S. The molecule has 0 spiro atoms. The molecule has 8 heteroatoms. The van der Waals surface area contributed by atoms with E-state index in [1.807, 2.05) is 19.1 Å². The van der Waals surface area contributed by atoms with Gasteiger partial charge in [0.2, 0.25) is 15.9 Å². The van der Waals surface area contributed by atoms with Crippen molar-refractivity contribution in [2.45, 2.75) is 19.8 Å². The van der Waals surface area contributed by atoms with Crippen LogP contribution < -0.4 is 9.62 Å². The number of anilines is 1. The zero-order valence-electron chi connectivity index (χ0n) is 14.2. The molecule has 1 aromatic carbocycles. The lowest BCUT2D eigenvalue weighted by Crippen LogP contribution is -2.40. The Morgan fingerprint density at radius 3 is 2.68 bits per heavy atom. The second kappa shape index (κ2) is 8.53. The number of nitrogens with one attached hydrogen (secondary N) is 1. The fourth-order valence-corrected chi connectivity index (χ4v) is 3.41. The molecule has 0 aliphatic rings. The summed E-state index contributed by atoms with van der Waals surface area (Å²) in [7, 11) is -3.57. The van der Waals surface area contributed by atoms with E-state index in [9.17, 15) is 13.2 Å². The first-order valence-corrected chi connectivity index (χ1v) is 10.4. The molecule has 0 aliphatic heterocycles. The quantitative estimate of drug-likeness (QED) is 0.655. The van der Waals surface area contributed by atoms with Gasteiger partial charge < -0.3 is 9.73 Å². The Morgan fingerprint density at radius 1 is 1.32 bits per heavy atom. The highest BCUT2D eigenvalue weighted by Gasteiger charge is 2.21. The normalized spacial score (nSPS) is 11.3. The minimum absolute atomic E-state index is 0.249. The fraction of sp³-hybridized carbons (Fsp3) is 0.353. The van der Waals surface area contributed by atoms with E-state index < -0.39 is 10.0 Å². The Balaban J connectivity index is 1.94. The highest BCUT2D eigenvalue weighted by atomic mass is 79.9. The van der Waals surface area contributed by atoms with E-state index in [2.05, 4.69) is 21.2 Å². The smallest absolute Gasteiger partial charge is 0.240 e. The zero-order valence-corrected chi connectivity index (χ0v) is 16.6. The third-order valence-corrected chi connectivity index (χ3v) is 5.65. The van der Waals surface area contributed by atoms with E-state index in [-0.39, 0.29) is 12.5 Å². The number of hydrogen-bond donors (Lipinski definition) is 1. The van der Waals surface area contributed by atoms with Gasteiger partial charge in [0.25, 0.3) is 0 Å². The van der Waals surface area contributed by atoms with Crippen LogP contribution in [0.1, 0.15) is 17.7 Å². The van der Waals surface area contributed by atoms with Crippen molar-refractivity contribution in [3.8, 4) is 0 Å². The van der Waals surface area contributed by atoms with Crippen LogP contribution in [0.5, 0.6) is 0 Å². The van der Waals surface area contributed by atoms with Gasteiger partial charge in [-0.1, -0.05) is 15.9 Å². The van der Waals surface area contributed by atoms with Crippen LogP contribution in [-0.4, -0.2) is 33.7 Å². The van der Waals surface area contributed by atoms with Gasteiger partial charge in [-0.3, -0.25) is 9.10 Å². The summed E-state index contributed by atoms with van der Waals surface area (Å²) in [5.74, 6) is 0.516. The summed E-state index contributed by atoms with van der Waals surface area (Å²) in [4.78, 5) is 12.1. The van der Waals surface area contributed by atoms with E-state index in [4.69, 9.17) is 4.42 Å². The first-order valence-electron chi connectivity index (χ1n) is 7.80. The van der Waals surface area contributed by atoms with E-state index in [1.54, 1.807) is 24.5 Å². The van der Waals surface area contributed by atoms with Gasteiger partial charge in [0.1, 0.15) is 12.3 Å². The van der Waals surface area contributed by atoms with Crippen molar-refractivity contribution in [2.24, 2.45) is 0 Å². The summed E-state index contributed by atoms with van der Waals surface area (Å²) in [6, 6.07) is 8.86. The molecule has 0 aliphatic carbocycles. The molecule has 0 fully saturated rings. The summed E-state index contributed by atoms with van der Waals surface area (Å²) in [6.07, 6.45) is 4.14. The van der Waals surface area contributed by atoms with Crippen LogP contribution in [0, 0.1) is 6.92 Å². The van der Waals surface area contributed by atoms with Crippen molar-refractivity contribution < 1.29 is 17.6 Å². The summed E-state index contributed by atoms with van der Waals surface area (Å²) >= 11 is 3.38. The minimum atomic E-state index is -3.57. The van der Waals surface area contributed by atoms with Gasteiger partial charge in [0.05, 0.1) is 18.2 Å². The topological polar surface area (TPSA) is 79.6 Å². The largest absolute Gasteiger partial charge is 0.469 e. The summed E-state index contributed by atoms with van der Waals surface area (Å²) in [6.45, 7) is 2.07. The Hall–Kier alpha value is -1.80. The van der Waals surface area contributed by atoms with Crippen LogP contribution in [-0.2, 0) is 21.2 Å². The highest BCUT2D eigenvalue weighted by Crippen LogP contribution is 2.24. The molecule has 0 radical (unpaired) electrons. The van der Waals surface area contributed by atoms with Gasteiger partial charge in [0, 0.05) is 17.4 Å².